The van der Waals surface area contributed by atoms with Gasteiger partial charge in [-0.05, 0) is 74.5 Å². The highest BCUT2D eigenvalue weighted by Gasteiger charge is 2.31. The van der Waals surface area contributed by atoms with Crippen molar-refractivity contribution in [1.29, 1.82) is 0 Å². The zero-order valence-corrected chi connectivity index (χ0v) is 18.4. The van der Waals surface area contributed by atoms with Gasteiger partial charge >= 0.3 is 0 Å². The minimum atomic E-state index is -0.0382. The molecule has 0 spiro atoms. The highest BCUT2D eigenvalue weighted by Crippen LogP contribution is 2.43. The van der Waals surface area contributed by atoms with Gasteiger partial charge in [0.05, 0.1) is 10.9 Å². The number of rotatable bonds is 5. The summed E-state index contributed by atoms with van der Waals surface area (Å²) in [5.41, 5.74) is 3.64. The van der Waals surface area contributed by atoms with Gasteiger partial charge in [0.15, 0.2) is 0 Å². The number of carbonyl (C=O) groups is 1. The van der Waals surface area contributed by atoms with E-state index in [1.54, 1.807) is 11.3 Å². The molecule has 146 valence electrons. The summed E-state index contributed by atoms with van der Waals surface area (Å²) in [6, 6.07) is 12.0. The summed E-state index contributed by atoms with van der Waals surface area (Å²) in [4.78, 5) is 17.2. The molecular formula is C22H23ClN2OS2. The van der Waals surface area contributed by atoms with E-state index >= 15 is 0 Å². The maximum atomic E-state index is 12.8. The van der Waals surface area contributed by atoms with E-state index in [1.165, 1.54) is 45.7 Å². The first kappa shape index (κ1) is 19.6. The normalized spacial score (nSPS) is 15.7. The fraction of sp³-hybridized carbons (Fsp3) is 0.318. The number of hydrogen-bond donors (Lipinski definition) is 1. The Morgan fingerprint density at radius 3 is 2.64 bits per heavy atom. The van der Waals surface area contributed by atoms with Crippen molar-refractivity contribution in [3.05, 3.63) is 73.2 Å². The molecule has 1 aliphatic heterocycles. The van der Waals surface area contributed by atoms with Crippen LogP contribution in [0, 0.1) is 13.8 Å². The number of thiophene rings is 2. The minimum absolute atomic E-state index is 0.0382. The topological polar surface area (TPSA) is 32.3 Å². The van der Waals surface area contributed by atoms with Crippen LogP contribution in [0.4, 0.5) is 5.00 Å². The average molecular weight is 431 g/mol. The van der Waals surface area contributed by atoms with Crippen molar-refractivity contribution in [2.75, 3.05) is 18.4 Å². The summed E-state index contributed by atoms with van der Waals surface area (Å²) in [7, 11) is 0. The van der Waals surface area contributed by atoms with E-state index in [9.17, 15) is 4.79 Å². The maximum absolute atomic E-state index is 12.8. The molecule has 1 aromatic carbocycles. The average Bonchev–Trinajstić information content (AvgIpc) is 3.42. The Morgan fingerprint density at radius 1 is 1.18 bits per heavy atom. The number of benzene rings is 1. The van der Waals surface area contributed by atoms with Crippen LogP contribution in [0.25, 0.3) is 0 Å². The number of amides is 1. The Labute approximate surface area is 179 Å². The molecule has 0 radical (unpaired) electrons. The molecule has 28 heavy (non-hydrogen) atoms. The number of halogens is 1. The molecule has 1 amide bonds. The molecule has 4 rings (SSSR count). The van der Waals surface area contributed by atoms with Crippen molar-refractivity contribution in [3.63, 3.8) is 0 Å². The molecule has 3 heterocycles. The standard InChI is InChI=1S/C22H23ClN2OS2/c1-14-15(2)28-22(24-21(26)18-9-6-12-27-18)19(14)20(25-10-3-4-11-25)16-7-5-8-17(23)13-16/h5-9,12-13,20H,3-4,10-11H2,1-2H3,(H,24,26)/t20-/m1/s1. The third-order valence-corrected chi connectivity index (χ3v) is 7.59. The summed E-state index contributed by atoms with van der Waals surface area (Å²) in [6.45, 7) is 6.41. The Hall–Kier alpha value is -1.66. The molecule has 1 saturated heterocycles. The predicted octanol–water partition coefficient (Wildman–Crippen LogP) is 6.52. The molecular weight excluding hydrogens is 408 g/mol. The zero-order valence-electron chi connectivity index (χ0n) is 16.0. The second-order valence-electron chi connectivity index (χ2n) is 7.16. The molecule has 1 atom stereocenters. The maximum Gasteiger partial charge on any atom is 0.266 e. The van der Waals surface area contributed by atoms with Crippen molar-refractivity contribution in [3.8, 4) is 0 Å². The van der Waals surface area contributed by atoms with Crippen LogP contribution in [0.3, 0.4) is 0 Å². The van der Waals surface area contributed by atoms with Gasteiger partial charge in [-0.3, -0.25) is 9.69 Å². The first-order chi connectivity index (χ1) is 13.5. The molecule has 0 bridgehead atoms. The van der Waals surface area contributed by atoms with Crippen LogP contribution < -0.4 is 5.32 Å². The number of nitrogens with zero attached hydrogens (tertiary/aromatic N) is 1. The summed E-state index contributed by atoms with van der Waals surface area (Å²) < 4.78 is 0. The highest BCUT2D eigenvalue weighted by molar-refractivity contribution is 7.17. The lowest BCUT2D eigenvalue weighted by Gasteiger charge is -2.29. The largest absolute Gasteiger partial charge is 0.313 e. The molecule has 0 unspecified atom stereocenters. The zero-order chi connectivity index (χ0) is 19.7. The van der Waals surface area contributed by atoms with E-state index in [0.29, 0.717) is 0 Å². The lowest BCUT2D eigenvalue weighted by molar-refractivity contribution is 0.103. The van der Waals surface area contributed by atoms with E-state index in [0.717, 1.165) is 28.0 Å². The molecule has 1 N–H and O–H groups in total. The molecule has 1 aliphatic rings. The van der Waals surface area contributed by atoms with Crippen LogP contribution in [0.5, 0.6) is 0 Å². The predicted molar refractivity (Wildman–Crippen MR) is 120 cm³/mol. The molecule has 6 heteroatoms. The first-order valence-corrected chi connectivity index (χ1v) is 11.6. The molecule has 2 aromatic heterocycles. The third kappa shape index (κ3) is 3.90. The number of likely N-dealkylation sites (tertiary alicyclic amines) is 1. The summed E-state index contributed by atoms with van der Waals surface area (Å²) >= 11 is 9.46. The SMILES string of the molecule is Cc1sc(NC(=O)c2cccs2)c([C@@H](c2cccc(Cl)c2)N2CCCC2)c1C. The lowest BCUT2D eigenvalue weighted by atomic mass is 9.95. The molecule has 0 aliphatic carbocycles. The van der Waals surface area contributed by atoms with Gasteiger partial charge in [0.25, 0.3) is 5.91 Å². The van der Waals surface area contributed by atoms with Gasteiger partial charge in [-0.15, -0.1) is 22.7 Å². The highest BCUT2D eigenvalue weighted by atomic mass is 35.5. The number of anilines is 1. The third-order valence-electron chi connectivity index (χ3n) is 5.35. The van der Waals surface area contributed by atoms with E-state index < -0.39 is 0 Å². The number of carbonyl (C=O) groups excluding carboxylic acids is 1. The Kier molecular flexibility index (Phi) is 5.88. The smallest absolute Gasteiger partial charge is 0.266 e. The number of aryl methyl sites for hydroxylation is 1. The molecule has 3 nitrogen and oxygen atoms in total. The second-order valence-corrected chi connectivity index (χ2v) is 9.77. The van der Waals surface area contributed by atoms with Gasteiger partial charge in [0, 0.05) is 15.5 Å². The van der Waals surface area contributed by atoms with Crippen LogP contribution in [0.15, 0.2) is 41.8 Å². The van der Waals surface area contributed by atoms with E-state index in [1.807, 2.05) is 29.6 Å². The summed E-state index contributed by atoms with van der Waals surface area (Å²) in [5, 5.41) is 6.82. The van der Waals surface area contributed by atoms with Crippen LogP contribution in [-0.2, 0) is 0 Å². The van der Waals surface area contributed by atoms with E-state index in [4.69, 9.17) is 11.6 Å². The lowest BCUT2D eigenvalue weighted by Crippen LogP contribution is -2.27. The fourth-order valence-electron chi connectivity index (χ4n) is 3.88. The van der Waals surface area contributed by atoms with Gasteiger partial charge in [-0.2, -0.15) is 0 Å². The van der Waals surface area contributed by atoms with Gasteiger partial charge in [-0.25, -0.2) is 0 Å². The molecule has 1 fully saturated rings. The Balaban J connectivity index is 1.78. The van der Waals surface area contributed by atoms with Gasteiger partial charge in [0.1, 0.15) is 5.00 Å². The Morgan fingerprint density at radius 2 is 1.96 bits per heavy atom. The molecule has 3 aromatic rings. The van der Waals surface area contributed by atoms with Gasteiger partial charge in [-0.1, -0.05) is 29.8 Å². The van der Waals surface area contributed by atoms with Crippen molar-refractivity contribution in [2.24, 2.45) is 0 Å². The van der Waals surface area contributed by atoms with Crippen molar-refractivity contribution >= 4 is 45.2 Å². The van der Waals surface area contributed by atoms with Crippen LogP contribution in [0.1, 0.15) is 50.1 Å². The first-order valence-electron chi connectivity index (χ1n) is 9.49. The van der Waals surface area contributed by atoms with Crippen LogP contribution in [-0.4, -0.2) is 23.9 Å². The number of hydrogen-bond acceptors (Lipinski definition) is 4. The Bertz CT molecular complexity index is 975. The fourth-order valence-corrected chi connectivity index (χ4v) is 5.78. The quantitative estimate of drug-likeness (QED) is 0.499. The van der Waals surface area contributed by atoms with Crippen LogP contribution >= 0.6 is 34.3 Å². The van der Waals surface area contributed by atoms with Crippen molar-refractivity contribution in [1.82, 2.24) is 4.90 Å². The monoisotopic (exact) mass is 430 g/mol. The number of nitrogens with one attached hydrogen (secondary N) is 1. The van der Waals surface area contributed by atoms with E-state index in [2.05, 4.69) is 36.2 Å². The second kappa shape index (κ2) is 8.37. The molecule has 0 saturated carbocycles. The van der Waals surface area contributed by atoms with Crippen LogP contribution in [0.2, 0.25) is 5.02 Å². The summed E-state index contributed by atoms with van der Waals surface area (Å²) in [5.74, 6) is -0.0382. The van der Waals surface area contributed by atoms with E-state index in [-0.39, 0.29) is 11.9 Å². The van der Waals surface area contributed by atoms with Gasteiger partial charge < -0.3 is 5.32 Å². The van der Waals surface area contributed by atoms with Crippen molar-refractivity contribution < 1.29 is 4.79 Å². The van der Waals surface area contributed by atoms with Crippen molar-refractivity contribution in [2.45, 2.75) is 32.7 Å². The van der Waals surface area contributed by atoms with Gasteiger partial charge in [0.2, 0.25) is 0 Å². The minimum Gasteiger partial charge on any atom is -0.313 e. The summed E-state index contributed by atoms with van der Waals surface area (Å²) in [6.07, 6.45) is 2.41.